The van der Waals surface area contributed by atoms with Crippen LogP contribution in [-0.4, -0.2) is 30.5 Å². The summed E-state index contributed by atoms with van der Waals surface area (Å²) < 4.78 is 5.39. The fourth-order valence-electron chi connectivity index (χ4n) is 3.58. The summed E-state index contributed by atoms with van der Waals surface area (Å²) in [5, 5.41) is 0. The fraction of sp³-hybridized carbons (Fsp3) is 0.611. The van der Waals surface area contributed by atoms with Gasteiger partial charge >= 0.3 is 0 Å². The van der Waals surface area contributed by atoms with Crippen LogP contribution in [-0.2, 0) is 11.3 Å². The van der Waals surface area contributed by atoms with Gasteiger partial charge in [-0.05, 0) is 43.4 Å². The standard InChI is InChI=1S/C18H28N2O2.ClH/c1-13-10-15(11-14(2)16(13)22-4)12-20(3)17(21)18(19)8-6-5-7-9-18;/h10-11H,5-9,12,19H2,1-4H3;1H. The zero-order chi connectivity index (χ0) is 16.3. The summed E-state index contributed by atoms with van der Waals surface area (Å²) >= 11 is 0. The Morgan fingerprint density at radius 1 is 1.22 bits per heavy atom. The molecule has 0 heterocycles. The maximum absolute atomic E-state index is 12.7. The second-order valence-corrected chi connectivity index (χ2v) is 6.64. The van der Waals surface area contributed by atoms with Gasteiger partial charge in [0.15, 0.2) is 0 Å². The molecule has 1 aliphatic carbocycles. The van der Waals surface area contributed by atoms with Crippen LogP contribution in [0.2, 0.25) is 0 Å². The molecule has 0 spiro atoms. The molecule has 0 radical (unpaired) electrons. The van der Waals surface area contributed by atoms with E-state index in [4.69, 9.17) is 10.5 Å². The Morgan fingerprint density at radius 3 is 2.22 bits per heavy atom. The number of halogens is 1. The molecule has 2 N–H and O–H groups in total. The van der Waals surface area contributed by atoms with Gasteiger partial charge in [-0.2, -0.15) is 0 Å². The van der Waals surface area contributed by atoms with Crippen LogP contribution in [0.4, 0.5) is 0 Å². The first kappa shape index (κ1) is 19.8. The predicted molar refractivity (Wildman–Crippen MR) is 96.2 cm³/mol. The molecule has 1 aromatic carbocycles. The quantitative estimate of drug-likeness (QED) is 0.914. The molecule has 1 aliphatic rings. The van der Waals surface area contributed by atoms with Gasteiger partial charge < -0.3 is 15.4 Å². The molecule has 1 amide bonds. The number of nitrogens with zero attached hydrogens (tertiary/aromatic N) is 1. The average Bonchev–Trinajstić information content (AvgIpc) is 2.47. The normalized spacial score (nSPS) is 16.4. The molecule has 2 rings (SSSR count). The number of likely N-dealkylation sites (N-methyl/N-ethyl adjacent to an activating group) is 1. The topological polar surface area (TPSA) is 55.6 Å². The van der Waals surface area contributed by atoms with Gasteiger partial charge in [0.05, 0.1) is 12.6 Å². The van der Waals surface area contributed by atoms with E-state index >= 15 is 0 Å². The van der Waals surface area contributed by atoms with Crippen molar-refractivity contribution in [1.82, 2.24) is 4.90 Å². The first-order chi connectivity index (χ1) is 10.4. The van der Waals surface area contributed by atoms with Crippen LogP contribution in [0, 0.1) is 13.8 Å². The van der Waals surface area contributed by atoms with Crippen molar-refractivity contribution < 1.29 is 9.53 Å². The lowest BCUT2D eigenvalue weighted by Crippen LogP contribution is -2.55. The molecular weight excluding hydrogens is 312 g/mol. The Labute approximate surface area is 145 Å². The highest BCUT2D eigenvalue weighted by Crippen LogP contribution is 2.29. The summed E-state index contributed by atoms with van der Waals surface area (Å²) in [5.41, 5.74) is 9.00. The van der Waals surface area contributed by atoms with Crippen molar-refractivity contribution in [3.8, 4) is 5.75 Å². The highest BCUT2D eigenvalue weighted by Gasteiger charge is 2.37. The Bertz CT molecular complexity index is 531. The van der Waals surface area contributed by atoms with Crippen LogP contribution in [0.1, 0.15) is 48.8 Å². The number of amides is 1. The molecule has 0 saturated heterocycles. The lowest BCUT2D eigenvalue weighted by atomic mass is 9.81. The summed E-state index contributed by atoms with van der Waals surface area (Å²) in [5.74, 6) is 0.985. The van der Waals surface area contributed by atoms with Crippen molar-refractivity contribution in [3.63, 3.8) is 0 Å². The first-order valence-corrected chi connectivity index (χ1v) is 8.06. The third-order valence-corrected chi connectivity index (χ3v) is 4.66. The Morgan fingerprint density at radius 2 is 1.74 bits per heavy atom. The van der Waals surface area contributed by atoms with Gasteiger partial charge in [-0.25, -0.2) is 0 Å². The molecule has 1 saturated carbocycles. The molecule has 0 aromatic heterocycles. The Balaban J connectivity index is 0.00000264. The van der Waals surface area contributed by atoms with Crippen LogP contribution >= 0.6 is 12.4 Å². The molecule has 1 fully saturated rings. The van der Waals surface area contributed by atoms with Crippen LogP contribution in [0.25, 0.3) is 0 Å². The smallest absolute Gasteiger partial charge is 0.242 e. The molecular formula is C18H29ClN2O2. The highest BCUT2D eigenvalue weighted by atomic mass is 35.5. The Kier molecular flexibility index (Phi) is 6.90. The van der Waals surface area contributed by atoms with Gasteiger partial charge in [0.2, 0.25) is 5.91 Å². The van der Waals surface area contributed by atoms with E-state index in [9.17, 15) is 4.79 Å². The van der Waals surface area contributed by atoms with Crippen molar-refractivity contribution in [1.29, 1.82) is 0 Å². The monoisotopic (exact) mass is 340 g/mol. The molecule has 23 heavy (non-hydrogen) atoms. The number of benzene rings is 1. The van der Waals surface area contributed by atoms with Crippen LogP contribution in [0.3, 0.4) is 0 Å². The molecule has 4 nitrogen and oxygen atoms in total. The van der Waals surface area contributed by atoms with Gasteiger partial charge in [0.1, 0.15) is 5.75 Å². The lowest BCUT2D eigenvalue weighted by molar-refractivity contribution is -0.137. The zero-order valence-electron chi connectivity index (χ0n) is 14.6. The number of nitrogens with two attached hydrogens (primary N) is 1. The van der Waals surface area contributed by atoms with Gasteiger partial charge in [-0.3, -0.25) is 4.79 Å². The average molecular weight is 341 g/mol. The maximum atomic E-state index is 12.7. The minimum absolute atomic E-state index is 0. The fourth-order valence-corrected chi connectivity index (χ4v) is 3.58. The number of ether oxygens (including phenoxy) is 1. The summed E-state index contributed by atoms with van der Waals surface area (Å²) in [6.45, 7) is 4.65. The lowest BCUT2D eigenvalue weighted by Gasteiger charge is -2.35. The van der Waals surface area contributed by atoms with Crippen molar-refractivity contribution in [3.05, 3.63) is 28.8 Å². The molecule has 5 heteroatoms. The summed E-state index contributed by atoms with van der Waals surface area (Å²) in [6.07, 6.45) is 4.90. The zero-order valence-corrected chi connectivity index (χ0v) is 15.5. The number of aryl methyl sites for hydroxylation is 2. The van der Waals surface area contributed by atoms with Crippen molar-refractivity contribution in [2.24, 2.45) is 5.73 Å². The van der Waals surface area contributed by atoms with E-state index in [2.05, 4.69) is 12.1 Å². The molecule has 0 bridgehead atoms. The van der Waals surface area contributed by atoms with Gasteiger partial charge in [0, 0.05) is 13.6 Å². The SMILES string of the molecule is COc1c(C)cc(CN(C)C(=O)C2(N)CCCCC2)cc1C.Cl. The number of carbonyl (C=O) groups is 1. The van der Waals surface area contributed by atoms with E-state index in [1.807, 2.05) is 20.9 Å². The van der Waals surface area contributed by atoms with Crippen molar-refractivity contribution in [2.75, 3.05) is 14.2 Å². The van der Waals surface area contributed by atoms with E-state index in [0.29, 0.717) is 6.54 Å². The number of carbonyl (C=O) groups excluding carboxylic acids is 1. The molecule has 1 aromatic rings. The highest BCUT2D eigenvalue weighted by molar-refractivity contribution is 5.86. The van der Waals surface area contributed by atoms with E-state index in [1.165, 1.54) is 6.42 Å². The van der Waals surface area contributed by atoms with E-state index in [0.717, 1.165) is 48.1 Å². The minimum atomic E-state index is -0.663. The van der Waals surface area contributed by atoms with Crippen molar-refractivity contribution >= 4 is 18.3 Å². The first-order valence-electron chi connectivity index (χ1n) is 8.06. The number of methoxy groups -OCH3 is 1. The van der Waals surface area contributed by atoms with Gasteiger partial charge in [-0.15, -0.1) is 12.4 Å². The number of hydrogen-bond acceptors (Lipinski definition) is 3. The van der Waals surface area contributed by atoms with Crippen LogP contribution < -0.4 is 10.5 Å². The predicted octanol–water partition coefficient (Wildman–Crippen LogP) is 3.35. The minimum Gasteiger partial charge on any atom is -0.496 e. The summed E-state index contributed by atoms with van der Waals surface area (Å²) in [4.78, 5) is 14.5. The molecule has 0 atom stereocenters. The maximum Gasteiger partial charge on any atom is 0.242 e. The molecule has 0 aliphatic heterocycles. The summed E-state index contributed by atoms with van der Waals surface area (Å²) in [7, 11) is 3.53. The second-order valence-electron chi connectivity index (χ2n) is 6.64. The van der Waals surface area contributed by atoms with E-state index in [1.54, 1.807) is 12.0 Å². The number of rotatable bonds is 4. The van der Waals surface area contributed by atoms with Gasteiger partial charge in [0.25, 0.3) is 0 Å². The Hall–Kier alpha value is -1.26. The molecule has 130 valence electrons. The van der Waals surface area contributed by atoms with E-state index < -0.39 is 5.54 Å². The van der Waals surface area contributed by atoms with Crippen molar-refractivity contribution in [2.45, 2.75) is 58.0 Å². The summed E-state index contributed by atoms with van der Waals surface area (Å²) in [6, 6.07) is 4.17. The molecule has 0 unspecified atom stereocenters. The van der Waals surface area contributed by atoms with Crippen LogP contribution in [0.5, 0.6) is 5.75 Å². The van der Waals surface area contributed by atoms with E-state index in [-0.39, 0.29) is 18.3 Å². The second kappa shape index (κ2) is 8.02. The van der Waals surface area contributed by atoms with Gasteiger partial charge in [-0.1, -0.05) is 31.4 Å². The van der Waals surface area contributed by atoms with Crippen LogP contribution in [0.15, 0.2) is 12.1 Å². The third-order valence-electron chi connectivity index (χ3n) is 4.66. The number of hydrogen-bond donors (Lipinski definition) is 1. The largest absolute Gasteiger partial charge is 0.496 e. The third kappa shape index (κ3) is 4.39.